The lowest BCUT2D eigenvalue weighted by molar-refractivity contribution is 0.0602. The summed E-state index contributed by atoms with van der Waals surface area (Å²) in [6.07, 6.45) is 2.02. The van der Waals surface area contributed by atoms with E-state index in [1.54, 1.807) is 19.1 Å². The largest absolute Gasteiger partial charge is 0.488 e. The molecule has 0 heterocycles. The molecule has 2 atom stereocenters. The molecule has 4 heteroatoms. The Morgan fingerprint density at radius 1 is 1.41 bits per heavy atom. The molecule has 0 aromatic heterocycles. The van der Waals surface area contributed by atoms with Crippen LogP contribution in [0.4, 0.5) is 0 Å². The van der Waals surface area contributed by atoms with Gasteiger partial charge in [-0.15, -0.1) is 0 Å². The summed E-state index contributed by atoms with van der Waals surface area (Å²) in [6.45, 7) is 1.74. The first-order valence-corrected chi connectivity index (χ1v) is 5.76. The number of ether oxygens (including phenoxy) is 1. The Kier molecular flexibility index (Phi) is 3.33. The molecule has 1 aliphatic rings. The fraction of sp³-hybridized carbons (Fsp3) is 0.462. The van der Waals surface area contributed by atoms with Crippen molar-refractivity contribution in [2.24, 2.45) is 0 Å². The third-order valence-corrected chi connectivity index (χ3v) is 3.13. The Bertz CT molecular complexity index is 427. The molecule has 0 aliphatic heterocycles. The summed E-state index contributed by atoms with van der Waals surface area (Å²) in [5, 5.41) is 18.5. The highest BCUT2D eigenvalue weighted by molar-refractivity contribution is 5.89. The molecule has 4 nitrogen and oxygen atoms in total. The maximum absolute atomic E-state index is 10.8. The first-order chi connectivity index (χ1) is 8.08. The van der Waals surface area contributed by atoms with E-state index in [2.05, 4.69) is 0 Å². The number of rotatable bonds is 3. The second kappa shape index (κ2) is 4.75. The summed E-state index contributed by atoms with van der Waals surface area (Å²) in [7, 11) is 0. The van der Waals surface area contributed by atoms with Gasteiger partial charge >= 0.3 is 5.97 Å². The highest BCUT2D eigenvalue weighted by Crippen LogP contribution is 2.26. The molecule has 0 amide bonds. The Morgan fingerprint density at radius 2 is 2.18 bits per heavy atom. The van der Waals surface area contributed by atoms with Gasteiger partial charge in [-0.2, -0.15) is 0 Å². The molecule has 0 radical (unpaired) electrons. The molecule has 2 unspecified atom stereocenters. The van der Waals surface area contributed by atoms with Gasteiger partial charge in [0.1, 0.15) is 11.9 Å². The third kappa shape index (κ3) is 2.58. The lowest BCUT2D eigenvalue weighted by atomic mass is 10.1. The van der Waals surface area contributed by atoms with Gasteiger partial charge in [0.2, 0.25) is 0 Å². The Balaban J connectivity index is 2.12. The van der Waals surface area contributed by atoms with Crippen LogP contribution in [-0.4, -0.2) is 28.4 Å². The molecular weight excluding hydrogens is 220 g/mol. The fourth-order valence-electron chi connectivity index (χ4n) is 2.17. The van der Waals surface area contributed by atoms with Crippen LogP contribution < -0.4 is 4.74 Å². The summed E-state index contributed by atoms with van der Waals surface area (Å²) < 4.78 is 5.66. The maximum atomic E-state index is 10.8. The average molecular weight is 236 g/mol. The number of carboxylic acid groups (broad SMARTS) is 1. The van der Waals surface area contributed by atoms with Crippen LogP contribution in [0.25, 0.3) is 0 Å². The smallest absolute Gasteiger partial charge is 0.335 e. The minimum Gasteiger partial charge on any atom is -0.488 e. The van der Waals surface area contributed by atoms with Gasteiger partial charge in [0.25, 0.3) is 0 Å². The second-order valence-corrected chi connectivity index (χ2v) is 4.44. The summed E-state index contributed by atoms with van der Waals surface area (Å²) in [5.41, 5.74) is 0.951. The number of aliphatic hydroxyl groups excluding tert-OH is 1. The van der Waals surface area contributed by atoms with Crippen LogP contribution >= 0.6 is 0 Å². The van der Waals surface area contributed by atoms with Gasteiger partial charge in [-0.3, -0.25) is 0 Å². The Hall–Kier alpha value is -1.55. The summed E-state index contributed by atoms with van der Waals surface area (Å²) >= 11 is 0. The van der Waals surface area contributed by atoms with Gasteiger partial charge in [-0.25, -0.2) is 4.79 Å². The van der Waals surface area contributed by atoms with Crippen LogP contribution in [0.3, 0.4) is 0 Å². The minimum atomic E-state index is -0.935. The number of carbonyl (C=O) groups is 1. The molecule has 17 heavy (non-hydrogen) atoms. The summed E-state index contributed by atoms with van der Waals surface area (Å²) in [4.78, 5) is 10.8. The van der Waals surface area contributed by atoms with Gasteiger partial charge in [-0.1, -0.05) is 0 Å². The predicted octanol–water partition coefficient (Wildman–Crippen LogP) is 1.99. The van der Waals surface area contributed by atoms with E-state index >= 15 is 0 Å². The standard InChI is InChI=1S/C13H16O4/c1-8-7-9(5-6-10(8)13(15)16)17-12-4-2-3-11(12)14/h5-7,11-12,14H,2-4H2,1H3,(H,15,16). The molecule has 1 aromatic rings. The number of hydrogen-bond donors (Lipinski definition) is 2. The van der Waals surface area contributed by atoms with E-state index < -0.39 is 12.1 Å². The van der Waals surface area contributed by atoms with Crippen LogP contribution in [0, 0.1) is 6.92 Å². The SMILES string of the molecule is Cc1cc(OC2CCCC2O)ccc1C(=O)O. The molecule has 0 saturated heterocycles. The zero-order chi connectivity index (χ0) is 12.4. The van der Waals surface area contributed by atoms with E-state index in [9.17, 15) is 9.90 Å². The van der Waals surface area contributed by atoms with E-state index in [4.69, 9.17) is 9.84 Å². The number of benzene rings is 1. The number of carboxylic acids is 1. The maximum Gasteiger partial charge on any atom is 0.335 e. The van der Waals surface area contributed by atoms with Crippen molar-refractivity contribution in [2.45, 2.75) is 38.4 Å². The van der Waals surface area contributed by atoms with E-state index in [0.29, 0.717) is 11.3 Å². The minimum absolute atomic E-state index is 0.162. The quantitative estimate of drug-likeness (QED) is 0.842. The summed E-state index contributed by atoms with van der Waals surface area (Å²) in [6, 6.07) is 4.88. The van der Waals surface area contributed by atoms with Crippen LogP contribution in [0.15, 0.2) is 18.2 Å². The topological polar surface area (TPSA) is 66.8 Å². The Labute approximate surface area is 99.8 Å². The summed E-state index contributed by atoms with van der Waals surface area (Å²) in [5.74, 6) is -0.312. The predicted molar refractivity (Wildman–Crippen MR) is 62.4 cm³/mol. The Morgan fingerprint density at radius 3 is 2.71 bits per heavy atom. The molecule has 1 aliphatic carbocycles. The van der Waals surface area contributed by atoms with Gasteiger partial charge in [0, 0.05) is 0 Å². The molecule has 92 valence electrons. The first kappa shape index (κ1) is 11.9. The molecule has 1 aromatic carbocycles. The molecule has 2 rings (SSSR count). The monoisotopic (exact) mass is 236 g/mol. The number of aryl methyl sites for hydroxylation is 1. The zero-order valence-corrected chi connectivity index (χ0v) is 9.72. The zero-order valence-electron chi connectivity index (χ0n) is 9.72. The van der Waals surface area contributed by atoms with Crippen molar-refractivity contribution < 1.29 is 19.7 Å². The highest BCUT2D eigenvalue weighted by Gasteiger charge is 2.27. The molecule has 0 spiro atoms. The third-order valence-electron chi connectivity index (χ3n) is 3.13. The van der Waals surface area contributed by atoms with Crippen molar-refractivity contribution in [3.63, 3.8) is 0 Å². The normalized spacial score (nSPS) is 23.6. The fourth-order valence-corrected chi connectivity index (χ4v) is 2.17. The van der Waals surface area contributed by atoms with Crippen LogP contribution in [-0.2, 0) is 0 Å². The lowest BCUT2D eigenvalue weighted by Crippen LogP contribution is -2.25. The number of hydrogen-bond acceptors (Lipinski definition) is 3. The van der Waals surface area contributed by atoms with Gasteiger partial charge in [0.05, 0.1) is 11.7 Å². The van der Waals surface area contributed by atoms with E-state index in [-0.39, 0.29) is 11.7 Å². The average Bonchev–Trinajstić information content (AvgIpc) is 2.64. The molecule has 1 fully saturated rings. The molecule has 0 bridgehead atoms. The van der Waals surface area contributed by atoms with Gasteiger partial charge in [-0.05, 0) is 49.9 Å². The van der Waals surface area contributed by atoms with E-state index in [1.807, 2.05) is 0 Å². The van der Waals surface area contributed by atoms with Crippen molar-refractivity contribution in [2.75, 3.05) is 0 Å². The van der Waals surface area contributed by atoms with E-state index in [1.165, 1.54) is 6.07 Å². The molecular formula is C13H16O4. The van der Waals surface area contributed by atoms with Crippen molar-refractivity contribution in [3.05, 3.63) is 29.3 Å². The van der Waals surface area contributed by atoms with Gasteiger partial charge < -0.3 is 14.9 Å². The molecule has 1 saturated carbocycles. The first-order valence-electron chi connectivity index (χ1n) is 5.76. The lowest BCUT2D eigenvalue weighted by Gasteiger charge is -2.17. The van der Waals surface area contributed by atoms with Crippen molar-refractivity contribution in [1.29, 1.82) is 0 Å². The highest BCUT2D eigenvalue weighted by atomic mass is 16.5. The second-order valence-electron chi connectivity index (χ2n) is 4.44. The van der Waals surface area contributed by atoms with Gasteiger partial charge in [0.15, 0.2) is 0 Å². The van der Waals surface area contributed by atoms with Crippen molar-refractivity contribution >= 4 is 5.97 Å². The van der Waals surface area contributed by atoms with Crippen LogP contribution in [0.5, 0.6) is 5.75 Å². The van der Waals surface area contributed by atoms with Crippen molar-refractivity contribution in [1.82, 2.24) is 0 Å². The number of aromatic carboxylic acids is 1. The van der Waals surface area contributed by atoms with E-state index in [0.717, 1.165) is 19.3 Å². The van der Waals surface area contributed by atoms with Crippen molar-refractivity contribution in [3.8, 4) is 5.75 Å². The molecule has 2 N–H and O–H groups in total. The number of aliphatic hydroxyl groups is 1. The van der Waals surface area contributed by atoms with Crippen LogP contribution in [0.2, 0.25) is 0 Å². The van der Waals surface area contributed by atoms with Crippen LogP contribution in [0.1, 0.15) is 35.2 Å².